The largest absolute Gasteiger partial charge is 0.365 e. The number of hydrogen-bond donors (Lipinski definition) is 0. The monoisotopic (exact) mass is 373 g/mol. The SMILES string of the molecule is Cc1ccnn1CCC(=O)N1CCOC(c2nc(-c3cccs3)no2)C1. The van der Waals surface area contributed by atoms with Crippen LogP contribution in [0.3, 0.4) is 0 Å². The van der Waals surface area contributed by atoms with Gasteiger partial charge in [-0.25, -0.2) is 0 Å². The van der Waals surface area contributed by atoms with Crippen LogP contribution in [0.5, 0.6) is 0 Å². The molecule has 8 nitrogen and oxygen atoms in total. The molecule has 1 aliphatic rings. The molecule has 1 amide bonds. The van der Waals surface area contributed by atoms with Crippen LogP contribution in [0, 0.1) is 6.92 Å². The number of carbonyl (C=O) groups is 1. The van der Waals surface area contributed by atoms with E-state index in [1.165, 1.54) is 0 Å². The number of morpholine rings is 1. The first-order valence-corrected chi connectivity index (χ1v) is 9.34. The van der Waals surface area contributed by atoms with Crippen LogP contribution in [0.2, 0.25) is 0 Å². The molecule has 0 radical (unpaired) electrons. The molecule has 3 aromatic rings. The highest BCUT2D eigenvalue weighted by Crippen LogP contribution is 2.26. The summed E-state index contributed by atoms with van der Waals surface area (Å²) in [6, 6.07) is 5.80. The van der Waals surface area contributed by atoms with Gasteiger partial charge in [-0.3, -0.25) is 9.48 Å². The average Bonchev–Trinajstić information content (AvgIpc) is 3.41. The van der Waals surface area contributed by atoms with Crippen molar-refractivity contribution in [2.75, 3.05) is 19.7 Å². The van der Waals surface area contributed by atoms with Crippen molar-refractivity contribution >= 4 is 17.2 Å². The summed E-state index contributed by atoms with van der Waals surface area (Å²) < 4.78 is 12.9. The van der Waals surface area contributed by atoms with E-state index in [4.69, 9.17) is 9.26 Å². The zero-order valence-corrected chi connectivity index (χ0v) is 15.2. The second-order valence-corrected chi connectivity index (χ2v) is 7.03. The molecule has 1 aliphatic heterocycles. The summed E-state index contributed by atoms with van der Waals surface area (Å²) in [6.07, 6.45) is 1.76. The lowest BCUT2D eigenvalue weighted by atomic mass is 10.2. The molecular formula is C17H19N5O3S. The van der Waals surface area contributed by atoms with Gasteiger partial charge in [0.15, 0.2) is 6.10 Å². The van der Waals surface area contributed by atoms with Crippen LogP contribution in [0.25, 0.3) is 10.7 Å². The van der Waals surface area contributed by atoms with Gasteiger partial charge >= 0.3 is 0 Å². The highest BCUT2D eigenvalue weighted by atomic mass is 32.1. The smallest absolute Gasteiger partial charge is 0.257 e. The summed E-state index contributed by atoms with van der Waals surface area (Å²) in [5.41, 5.74) is 1.05. The number of rotatable bonds is 5. The Labute approximate surface area is 154 Å². The molecule has 26 heavy (non-hydrogen) atoms. The zero-order valence-electron chi connectivity index (χ0n) is 14.4. The van der Waals surface area contributed by atoms with Gasteiger partial charge in [0.2, 0.25) is 11.7 Å². The van der Waals surface area contributed by atoms with Crippen LogP contribution in [-0.4, -0.2) is 50.4 Å². The van der Waals surface area contributed by atoms with Gasteiger partial charge in [0.25, 0.3) is 5.89 Å². The molecule has 0 aliphatic carbocycles. The molecule has 0 saturated carbocycles. The Morgan fingerprint density at radius 1 is 1.42 bits per heavy atom. The third-order valence-corrected chi connectivity index (χ3v) is 5.21. The Kier molecular flexibility index (Phi) is 4.81. The number of aryl methyl sites for hydroxylation is 2. The molecule has 0 bridgehead atoms. The Bertz CT molecular complexity index is 873. The number of thiophene rings is 1. The summed E-state index contributed by atoms with van der Waals surface area (Å²) in [6.45, 7) is 3.99. The van der Waals surface area contributed by atoms with Crippen molar-refractivity contribution < 1.29 is 14.1 Å². The highest BCUT2D eigenvalue weighted by Gasteiger charge is 2.29. The lowest BCUT2D eigenvalue weighted by molar-refractivity contribution is -0.140. The van der Waals surface area contributed by atoms with Crippen LogP contribution in [0.1, 0.15) is 24.1 Å². The van der Waals surface area contributed by atoms with Gasteiger partial charge < -0.3 is 14.2 Å². The molecule has 1 atom stereocenters. The fraction of sp³-hybridized carbons (Fsp3) is 0.412. The Balaban J connectivity index is 1.38. The highest BCUT2D eigenvalue weighted by molar-refractivity contribution is 7.13. The van der Waals surface area contributed by atoms with Crippen LogP contribution in [-0.2, 0) is 16.1 Å². The summed E-state index contributed by atoms with van der Waals surface area (Å²) in [5, 5.41) is 10.2. The second-order valence-electron chi connectivity index (χ2n) is 6.08. The van der Waals surface area contributed by atoms with Crippen LogP contribution in [0.4, 0.5) is 0 Å². The number of aromatic nitrogens is 4. The van der Waals surface area contributed by atoms with E-state index in [2.05, 4.69) is 15.2 Å². The maximum absolute atomic E-state index is 12.5. The van der Waals surface area contributed by atoms with Crippen molar-refractivity contribution in [1.82, 2.24) is 24.8 Å². The minimum atomic E-state index is -0.389. The maximum atomic E-state index is 12.5. The molecule has 4 heterocycles. The molecule has 136 valence electrons. The molecule has 0 aromatic carbocycles. The van der Waals surface area contributed by atoms with Gasteiger partial charge in [0, 0.05) is 31.4 Å². The number of amides is 1. The fourth-order valence-corrected chi connectivity index (χ4v) is 3.54. The van der Waals surface area contributed by atoms with Crippen LogP contribution >= 0.6 is 11.3 Å². The molecule has 1 fully saturated rings. The minimum absolute atomic E-state index is 0.0752. The summed E-state index contributed by atoms with van der Waals surface area (Å²) in [4.78, 5) is 19.7. The second kappa shape index (κ2) is 7.38. The van der Waals surface area contributed by atoms with E-state index in [0.29, 0.717) is 44.4 Å². The van der Waals surface area contributed by atoms with Crippen molar-refractivity contribution in [3.05, 3.63) is 41.4 Å². The van der Waals surface area contributed by atoms with Crippen molar-refractivity contribution in [1.29, 1.82) is 0 Å². The van der Waals surface area contributed by atoms with Crippen LogP contribution in [0.15, 0.2) is 34.3 Å². The van der Waals surface area contributed by atoms with Crippen molar-refractivity contribution in [3.63, 3.8) is 0 Å². The molecule has 0 N–H and O–H groups in total. The molecule has 1 saturated heterocycles. The average molecular weight is 373 g/mol. The van der Waals surface area contributed by atoms with Gasteiger partial charge in [-0.05, 0) is 24.4 Å². The van der Waals surface area contributed by atoms with Gasteiger partial charge in [0.05, 0.1) is 18.0 Å². The third-order valence-electron chi connectivity index (χ3n) is 4.34. The van der Waals surface area contributed by atoms with Crippen molar-refractivity contribution in [3.8, 4) is 10.7 Å². The molecule has 1 unspecified atom stereocenters. The lowest BCUT2D eigenvalue weighted by Crippen LogP contribution is -2.42. The van der Waals surface area contributed by atoms with Crippen LogP contribution < -0.4 is 0 Å². The topological polar surface area (TPSA) is 86.3 Å². The van der Waals surface area contributed by atoms with E-state index in [9.17, 15) is 4.79 Å². The predicted octanol–water partition coefficient (Wildman–Crippen LogP) is 2.29. The minimum Gasteiger partial charge on any atom is -0.365 e. The Hall–Kier alpha value is -2.52. The van der Waals surface area contributed by atoms with Crippen molar-refractivity contribution in [2.45, 2.75) is 26.0 Å². The van der Waals surface area contributed by atoms with Crippen molar-refractivity contribution in [2.24, 2.45) is 0 Å². The van der Waals surface area contributed by atoms with E-state index >= 15 is 0 Å². The standard InChI is InChI=1S/C17H19N5O3S/c1-12-4-6-18-22(12)7-5-15(23)21-8-9-24-13(11-21)17-19-16(20-25-17)14-3-2-10-26-14/h2-4,6,10,13H,5,7-9,11H2,1H3. The number of ether oxygens (including phenoxy) is 1. The summed E-state index contributed by atoms with van der Waals surface area (Å²) in [5.74, 6) is 1.04. The van der Waals surface area contributed by atoms with E-state index in [-0.39, 0.29) is 12.0 Å². The number of carbonyl (C=O) groups excluding carboxylic acids is 1. The molecule has 4 rings (SSSR count). The lowest BCUT2D eigenvalue weighted by Gasteiger charge is -2.31. The zero-order chi connectivity index (χ0) is 17.9. The number of nitrogens with zero attached hydrogens (tertiary/aromatic N) is 5. The normalized spacial score (nSPS) is 17.6. The summed E-state index contributed by atoms with van der Waals surface area (Å²) in [7, 11) is 0. The van der Waals surface area contributed by atoms with E-state index in [1.807, 2.05) is 35.2 Å². The van der Waals surface area contributed by atoms with E-state index in [0.717, 1.165) is 10.6 Å². The first-order valence-electron chi connectivity index (χ1n) is 8.46. The quantitative estimate of drug-likeness (QED) is 0.682. The summed E-state index contributed by atoms with van der Waals surface area (Å²) >= 11 is 1.55. The predicted molar refractivity (Wildman–Crippen MR) is 94.5 cm³/mol. The first kappa shape index (κ1) is 16.9. The van der Waals surface area contributed by atoms with Gasteiger partial charge in [0.1, 0.15) is 0 Å². The van der Waals surface area contributed by atoms with Gasteiger partial charge in [-0.1, -0.05) is 11.2 Å². The Morgan fingerprint density at radius 3 is 3.12 bits per heavy atom. The van der Waals surface area contributed by atoms with E-state index in [1.54, 1.807) is 22.4 Å². The number of hydrogen-bond acceptors (Lipinski definition) is 7. The van der Waals surface area contributed by atoms with Gasteiger partial charge in [-0.15, -0.1) is 11.3 Å². The Morgan fingerprint density at radius 2 is 2.35 bits per heavy atom. The molecular weight excluding hydrogens is 354 g/mol. The molecule has 0 spiro atoms. The molecule has 9 heteroatoms. The fourth-order valence-electron chi connectivity index (χ4n) is 2.89. The molecule has 3 aromatic heterocycles. The maximum Gasteiger partial charge on any atom is 0.257 e. The van der Waals surface area contributed by atoms with E-state index < -0.39 is 0 Å². The van der Waals surface area contributed by atoms with Gasteiger partial charge in [-0.2, -0.15) is 10.1 Å². The third kappa shape index (κ3) is 3.54. The first-order chi connectivity index (χ1) is 12.7.